The topological polar surface area (TPSA) is 38.0 Å². The van der Waals surface area contributed by atoms with Crippen LogP contribution in [0.5, 0.6) is 0 Å². The highest BCUT2D eigenvalue weighted by Crippen LogP contribution is 2.25. The Hall–Kier alpha value is -0.280. The van der Waals surface area contributed by atoms with Crippen LogP contribution in [-0.2, 0) is 6.54 Å². The number of rotatable bonds is 4. The molecule has 1 fully saturated rings. The van der Waals surface area contributed by atoms with Crippen molar-refractivity contribution in [2.24, 2.45) is 11.7 Å². The molecule has 16 heavy (non-hydrogen) atoms. The SMILES string of the molecule is NC1CC(CNCc2ccc(Cl)cc2Cl)C1. The molecule has 1 aliphatic carbocycles. The van der Waals surface area contributed by atoms with Gasteiger partial charge in [-0.1, -0.05) is 29.3 Å². The predicted octanol–water partition coefficient (Wildman–Crippen LogP) is 2.82. The van der Waals surface area contributed by atoms with E-state index >= 15 is 0 Å². The lowest BCUT2D eigenvalue weighted by atomic mass is 9.81. The van der Waals surface area contributed by atoms with Crippen LogP contribution in [0.1, 0.15) is 18.4 Å². The molecule has 2 rings (SSSR count). The lowest BCUT2D eigenvalue weighted by molar-refractivity contribution is 0.256. The third kappa shape index (κ3) is 3.11. The molecule has 0 spiro atoms. The zero-order valence-corrected chi connectivity index (χ0v) is 10.6. The van der Waals surface area contributed by atoms with Gasteiger partial charge in [0, 0.05) is 22.6 Å². The molecule has 0 amide bonds. The summed E-state index contributed by atoms with van der Waals surface area (Å²) in [6.45, 7) is 1.81. The Balaban J connectivity index is 1.76. The monoisotopic (exact) mass is 258 g/mol. The molecule has 0 saturated heterocycles. The van der Waals surface area contributed by atoms with E-state index in [2.05, 4.69) is 5.32 Å². The van der Waals surface area contributed by atoms with Gasteiger partial charge in [-0.15, -0.1) is 0 Å². The second kappa shape index (κ2) is 5.37. The van der Waals surface area contributed by atoms with Gasteiger partial charge in [0.25, 0.3) is 0 Å². The van der Waals surface area contributed by atoms with Gasteiger partial charge in [-0.2, -0.15) is 0 Å². The van der Waals surface area contributed by atoms with Crippen molar-refractivity contribution in [3.63, 3.8) is 0 Å². The Bertz CT molecular complexity index is 362. The number of hydrogen-bond donors (Lipinski definition) is 2. The Labute approximate surface area is 106 Å². The summed E-state index contributed by atoms with van der Waals surface area (Å²) in [5, 5.41) is 4.81. The molecule has 0 bridgehead atoms. The maximum atomic E-state index is 6.07. The second-order valence-electron chi connectivity index (χ2n) is 4.46. The van der Waals surface area contributed by atoms with E-state index in [1.807, 2.05) is 12.1 Å². The van der Waals surface area contributed by atoms with Crippen LogP contribution in [0.25, 0.3) is 0 Å². The van der Waals surface area contributed by atoms with Crippen molar-refractivity contribution in [1.82, 2.24) is 5.32 Å². The molecule has 88 valence electrons. The van der Waals surface area contributed by atoms with Gasteiger partial charge in [-0.05, 0) is 43.0 Å². The summed E-state index contributed by atoms with van der Waals surface area (Å²) in [5.41, 5.74) is 6.82. The lowest BCUT2D eigenvalue weighted by Gasteiger charge is -2.32. The average molecular weight is 259 g/mol. The van der Waals surface area contributed by atoms with Crippen LogP contribution in [0.3, 0.4) is 0 Å². The lowest BCUT2D eigenvalue weighted by Crippen LogP contribution is -2.41. The number of benzene rings is 1. The molecule has 1 aromatic carbocycles. The molecular weight excluding hydrogens is 243 g/mol. The van der Waals surface area contributed by atoms with E-state index < -0.39 is 0 Å². The molecule has 0 aliphatic heterocycles. The summed E-state index contributed by atoms with van der Waals surface area (Å²) in [6, 6.07) is 6.03. The quantitative estimate of drug-likeness (QED) is 0.872. The molecular formula is C12H16Cl2N2. The Kier molecular flexibility index (Phi) is 4.09. The summed E-state index contributed by atoms with van der Waals surface area (Å²) in [4.78, 5) is 0. The van der Waals surface area contributed by atoms with Crippen LogP contribution in [0.15, 0.2) is 18.2 Å². The summed E-state index contributed by atoms with van der Waals surface area (Å²) in [5.74, 6) is 0.737. The largest absolute Gasteiger partial charge is 0.328 e. The standard InChI is InChI=1S/C12H16Cl2N2/c13-10-2-1-9(12(14)5-10)7-16-6-8-3-11(15)4-8/h1-2,5,8,11,16H,3-4,6-7,15H2. The maximum absolute atomic E-state index is 6.07. The number of nitrogens with one attached hydrogen (secondary N) is 1. The average Bonchev–Trinajstić information content (AvgIpc) is 2.18. The fraction of sp³-hybridized carbons (Fsp3) is 0.500. The summed E-state index contributed by atoms with van der Waals surface area (Å²) in [6.07, 6.45) is 2.28. The van der Waals surface area contributed by atoms with Crippen molar-refractivity contribution in [3.05, 3.63) is 33.8 Å². The van der Waals surface area contributed by atoms with Gasteiger partial charge < -0.3 is 11.1 Å². The second-order valence-corrected chi connectivity index (χ2v) is 5.31. The van der Waals surface area contributed by atoms with E-state index in [9.17, 15) is 0 Å². The van der Waals surface area contributed by atoms with Gasteiger partial charge in [0.15, 0.2) is 0 Å². The number of nitrogens with two attached hydrogens (primary N) is 1. The van der Waals surface area contributed by atoms with E-state index in [4.69, 9.17) is 28.9 Å². The van der Waals surface area contributed by atoms with Crippen molar-refractivity contribution >= 4 is 23.2 Å². The highest BCUT2D eigenvalue weighted by atomic mass is 35.5. The zero-order valence-electron chi connectivity index (χ0n) is 9.05. The molecule has 0 unspecified atom stereocenters. The van der Waals surface area contributed by atoms with Crippen LogP contribution in [0.4, 0.5) is 0 Å². The van der Waals surface area contributed by atoms with Gasteiger partial charge in [0.2, 0.25) is 0 Å². The minimum atomic E-state index is 0.422. The van der Waals surface area contributed by atoms with E-state index in [1.165, 1.54) is 0 Å². The van der Waals surface area contributed by atoms with Gasteiger partial charge in [-0.25, -0.2) is 0 Å². The molecule has 1 aromatic rings. The summed E-state index contributed by atoms with van der Waals surface area (Å²) < 4.78 is 0. The predicted molar refractivity (Wildman–Crippen MR) is 68.9 cm³/mol. The first-order chi connectivity index (χ1) is 7.65. The molecule has 0 aromatic heterocycles. The van der Waals surface area contributed by atoms with Crippen molar-refractivity contribution in [2.75, 3.05) is 6.54 Å². The molecule has 1 aliphatic rings. The first-order valence-electron chi connectivity index (χ1n) is 5.55. The van der Waals surface area contributed by atoms with Crippen LogP contribution in [-0.4, -0.2) is 12.6 Å². The maximum Gasteiger partial charge on any atom is 0.0465 e. The molecule has 3 N–H and O–H groups in total. The third-order valence-corrected chi connectivity index (χ3v) is 3.62. The highest BCUT2D eigenvalue weighted by molar-refractivity contribution is 6.35. The van der Waals surface area contributed by atoms with Gasteiger partial charge in [0.1, 0.15) is 0 Å². The van der Waals surface area contributed by atoms with Crippen molar-refractivity contribution in [3.8, 4) is 0 Å². The third-order valence-electron chi connectivity index (χ3n) is 3.04. The van der Waals surface area contributed by atoms with Crippen LogP contribution >= 0.6 is 23.2 Å². The fourth-order valence-electron chi connectivity index (χ4n) is 2.03. The molecule has 4 heteroatoms. The van der Waals surface area contributed by atoms with Gasteiger partial charge in [0.05, 0.1) is 0 Å². The first kappa shape index (κ1) is 12.2. The minimum Gasteiger partial charge on any atom is -0.328 e. The van der Waals surface area contributed by atoms with Crippen LogP contribution in [0.2, 0.25) is 10.0 Å². The minimum absolute atomic E-state index is 0.422. The molecule has 2 nitrogen and oxygen atoms in total. The van der Waals surface area contributed by atoms with Crippen LogP contribution in [0, 0.1) is 5.92 Å². The normalized spacial score (nSPS) is 24.2. The number of hydrogen-bond acceptors (Lipinski definition) is 2. The smallest absolute Gasteiger partial charge is 0.0465 e. The number of halogens is 2. The Morgan fingerprint density at radius 1 is 1.31 bits per heavy atom. The van der Waals surface area contributed by atoms with E-state index in [0.29, 0.717) is 11.1 Å². The van der Waals surface area contributed by atoms with Crippen molar-refractivity contribution in [1.29, 1.82) is 0 Å². The van der Waals surface area contributed by atoms with E-state index in [1.54, 1.807) is 6.07 Å². The summed E-state index contributed by atoms with van der Waals surface area (Å²) in [7, 11) is 0. The molecule has 0 atom stereocenters. The van der Waals surface area contributed by atoms with Gasteiger partial charge >= 0.3 is 0 Å². The molecule has 0 radical (unpaired) electrons. The summed E-state index contributed by atoms with van der Waals surface area (Å²) >= 11 is 11.9. The fourth-order valence-corrected chi connectivity index (χ4v) is 2.51. The zero-order chi connectivity index (χ0) is 11.5. The molecule has 1 saturated carbocycles. The van der Waals surface area contributed by atoms with E-state index in [0.717, 1.165) is 42.4 Å². The van der Waals surface area contributed by atoms with Gasteiger partial charge in [-0.3, -0.25) is 0 Å². The van der Waals surface area contributed by atoms with Crippen LogP contribution < -0.4 is 11.1 Å². The van der Waals surface area contributed by atoms with E-state index in [-0.39, 0.29) is 0 Å². The highest BCUT2D eigenvalue weighted by Gasteiger charge is 2.24. The first-order valence-corrected chi connectivity index (χ1v) is 6.31. The van der Waals surface area contributed by atoms with Crippen molar-refractivity contribution < 1.29 is 0 Å². The van der Waals surface area contributed by atoms with Crippen molar-refractivity contribution in [2.45, 2.75) is 25.4 Å². The molecule has 0 heterocycles. The Morgan fingerprint density at radius 2 is 2.06 bits per heavy atom. The Morgan fingerprint density at radius 3 is 2.69 bits per heavy atom.